The van der Waals surface area contributed by atoms with Crippen LogP contribution in [0.15, 0.2) is 12.3 Å². The summed E-state index contributed by atoms with van der Waals surface area (Å²) in [6.45, 7) is 12.3. The fraction of sp³-hybridized carbons (Fsp3) is 0.688. The molecule has 0 atom stereocenters. The second-order valence-electron chi connectivity index (χ2n) is 6.84. The molecule has 1 aromatic heterocycles. The third kappa shape index (κ3) is 5.87. The summed E-state index contributed by atoms with van der Waals surface area (Å²) in [4.78, 5) is 6.38. The van der Waals surface area contributed by atoms with E-state index in [1.807, 2.05) is 7.05 Å². The van der Waals surface area contributed by atoms with Gasteiger partial charge in [0.15, 0.2) is 0 Å². The van der Waals surface area contributed by atoms with Crippen LogP contribution in [-0.4, -0.2) is 24.1 Å². The van der Waals surface area contributed by atoms with Gasteiger partial charge in [-0.2, -0.15) is 0 Å². The number of nitrogens with one attached hydrogen (secondary N) is 1. The molecule has 20 heavy (non-hydrogen) atoms. The van der Waals surface area contributed by atoms with Gasteiger partial charge >= 0.3 is 0 Å². The number of pyridine rings is 1. The molecule has 0 aliphatic heterocycles. The van der Waals surface area contributed by atoms with Gasteiger partial charge in [-0.3, -0.25) is 0 Å². The molecule has 0 saturated heterocycles. The van der Waals surface area contributed by atoms with Crippen LogP contribution in [0.25, 0.3) is 0 Å². The first-order chi connectivity index (χ1) is 9.19. The van der Waals surface area contributed by atoms with Crippen LogP contribution < -0.4 is 10.2 Å². The van der Waals surface area contributed by atoms with Crippen molar-refractivity contribution in [3.05, 3.63) is 23.6 Å². The SMILES string of the molecule is CC(C)CCN(C)c1ncc(F)cc1CNC(C)(C)C. The minimum Gasteiger partial charge on any atom is -0.359 e. The third-order valence-electron chi connectivity index (χ3n) is 3.12. The molecule has 3 nitrogen and oxygen atoms in total. The van der Waals surface area contributed by atoms with Crippen LogP contribution in [0.4, 0.5) is 10.2 Å². The predicted octanol–water partition coefficient (Wildman–Crippen LogP) is 3.59. The van der Waals surface area contributed by atoms with E-state index in [1.165, 1.54) is 6.20 Å². The van der Waals surface area contributed by atoms with Crippen LogP contribution >= 0.6 is 0 Å². The van der Waals surface area contributed by atoms with Crippen molar-refractivity contribution in [3.63, 3.8) is 0 Å². The summed E-state index contributed by atoms with van der Waals surface area (Å²) in [5, 5.41) is 3.39. The van der Waals surface area contributed by atoms with Crippen molar-refractivity contribution < 1.29 is 4.39 Å². The molecule has 0 aliphatic carbocycles. The van der Waals surface area contributed by atoms with Gasteiger partial charge in [0.1, 0.15) is 11.6 Å². The molecule has 114 valence electrons. The van der Waals surface area contributed by atoms with E-state index in [9.17, 15) is 4.39 Å². The normalized spacial score (nSPS) is 12.0. The van der Waals surface area contributed by atoms with Crippen LogP contribution in [0.5, 0.6) is 0 Å². The van der Waals surface area contributed by atoms with Crippen molar-refractivity contribution in [3.8, 4) is 0 Å². The van der Waals surface area contributed by atoms with Gasteiger partial charge in [-0.15, -0.1) is 0 Å². The van der Waals surface area contributed by atoms with E-state index in [2.05, 4.69) is 49.8 Å². The van der Waals surface area contributed by atoms with Crippen molar-refractivity contribution in [1.29, 1.82) is 0 Å². The Morgan fingerprint density at radius 3 is 2.55 bits per heavy atom. The summed E-state index contributed by atoms with van der Waals surface area (Å²) in [5.74, 6) is 1.23. The van der Waals surface area contributed by atoms with Gasteiger partial charge < -0.3 is 10.2 Å². The predicted molar refractivity (Wildman–Crippen MR) is 83.5 cm³/mol. The summed E-state index contributed by atoms with van der Waals surface area (Å²) in [6, 6.07) is 1.58. The largest absolute Gasteiger partial charge is 0.359 e. The van der Waals surface area contributed by atoms with Crippen LogP contribution in [0.2, 0.25) is 0 Å². The van der Waals surface area contributed by atoms with Gasteiger partial charge in [-0.25, -0.2) is 9.37 Å². The highest BCUT2D eigenvalue weighted by Crippen LogP contribution is 2.19. The second kappa shape index (κ2) is 7.02. The fourth-order valence-electron chi connectivity index (χ4n) is 1.87. The Balaban J connectivity index is 2.83. The van der Waals surface area contributed by atoms with Gasteiger partial charge in [0.05, 0.1) is 6.20 Å². The lowest BCUT2D eigenvalue weighted by molar-refractivity contribution is 0.423. The molecular formula is C16H28FN3. The molecule has 1 heterocycles. The number of hydrogen-bond acceptors (Lipinski definition) is 3. The number of aromatic nitrogens is 1. The van der Waals surface area contributed by atoms with E-state index in [0.717, 1.165) is 24.3 Å². The zero-order valence-electron chi connectivity index (χ0n) is 13.6. The smallest absolute Gasteiger partial charge is 0.141 e. The summed E-state index contributed by atoms with van der Waals surface area (Å²) >= 11 is 0. The lowest BCUT2D eigenvalue weighted by Gasteiger charge is -2.25. The molecule has 0 unspecified atom stereocenters. The standard InChI is InChI=1S/C16H28FN3/c1-12(2)7-8-20(6)15-13(9-14(17)11-18-15)10-19-16(3,4)5/h9,11-12,19H,7-8,10H2,1-6H3. The van der Waals surface area contributed by atoms with Gasteiger partial charge in [0.25, 0.3) is 0 Å². The Hall–Kier alpha value is -1.16. The lowest BCUT2D eigenvalue weighted by Crippen LogP contribution is -2.35. The van der Waals surface area contributed by atoms with Crippen LogP contribution in [0.3, 0.4) is 0 Å². The van der Waals surface area contributed by atoms with E-state index in [4.69, 9.17) is 0 Å². The van der Waals surface area contributed by atoms with Crippen molar-refractivity contribution >= 4 is 5.82 Å². The topological polar surface area (TPSA) is 28.2 Å². The maximum absolute atomic E-state index is 13.4. The molecule has 0 spiro atoms. The van der Waals surface area contributed by atoms with Crippen molar-refractivity contribution in [2.75, 3.05) is 18.5 Å². The Bertz CT molecular complexity index is 424. The summed E-state index contributed by atoms with van der Waals surface area (Å²) in [7, 11) is 2.02. The van der Waals surface area contributed by atoms with Crippen LogP contribution in [0, 0.1) is 11.7 Å². The summed E-state index contributed by atoms with van der Waals surface area (Å²) in [5.41, 5.74) is 0.909. The first kappa shape index (κ1) is 16.9. The molecule has 0 aromatic carbocycles. The highest BCUT2D eigenvalue weighted by atomic mass is 19.1. The van der Waals surface area contributed by atoms with Crippen LogP contribution in [0.1, 0.15) is 46.6 Å². The Morgan fingerprint density at radius 1 is 1.35 bits per heavy atom. The highest BCUT2D eigenvalue weighted by molar-refractivity contribution is 5.46. The molecule has 4 heteroatoms. The highest BCUT2D eigenvalue weighted by Gasteiger charge is 2.14. The average Bonchev–Trinajstić information content (AvgIpc) is 2.32. The van der Waals surface area contributed by atoms with Crippen molar-refractivity contribution in [1.82, 2.24) is 10.3 Å². The van der Waals surface area contributed by atoms with Crippen molar-refractivity contribution in [2.24, 2.45) is 5.92 Å². The Kier molecular flexibility index (Phi) is 5.93. The third-order valence-corrected chi connectivity index (χ3v) is 3.12. The molecule has 0 saturated carbocycles. The number of hydrogen-bond donors (Lipinski definition) is 1. The zero-order valence-corrected chi connectivity index (χ0v) is 13.6. The molecule has 1 aromatic rings. The first-order valence-electron chi connectivity index (χ1n) is 7.29. The quantitative estimate of drug-likeness (QED) is 0.863. The van der Waals surface area contributed by atoms with Gasteiger partial charge in [0.2, 0.25) is 0 Å². The molecule has 1 rings (SSSR count). The summed E-state index contributed by atoms with van der Waals surface area (Å²) < 4.78 is 13.4. The zero-order chi connectivity index (χ0) is 15.3. The van der Waals surface area contributed by atoms with Crippen LogP contribution in [-0.2, 0) is 6.54 Å². The Morgan fingerprint density at radius 2 is 2.00 bits per heavy atom. The average molecular weight is 281 g/mol. The summed E-state index contributed by atoms with van der Waals surface area (Å²) in [6.07, 6.45) is 2.39. The van der Waals surface area contributed by atoms with Gasteiger partial charge in [-0.05, 0) is 39.2 Å². The van der Waals surface area contributed by atoms with E-state index in [1.54, 1.807) is 6.07 Å². The second-order valence-corrected chi connectivity index (χ2v) is 6.84. The van der Waals surface area contributed by atoms with E-state index in [-0.39, 0.29) is 11.4 Å². The monoisotopic (exact) mass is 281 g/mol. The Labute approximate surface area is 122 Å². The first-order valence-corrected chi connectivity index (χ1v) is 7.29. The minimum absolute atomic E-state index is 0.0000909. The lowest BCUT2D eigenvalue weighted by atomic mass is 10.1. The van der Waals surface area contributed by atoms with Crippen molar-refractivity contribution in [2.45, 2.75) is 53.1 Å². The van der Waals surface area contributed by atoms with Gasteiger partial charge in [0, 0.05) is 31.2 Å². The number of nitrogens with zero attached hydrogens (tertiary/aromatic N) is 2. The molecule has 0 bridgehead atoms. The molecule has 1 N–H and O–H groups in total. The van der Waals surface area contributed by atoms with E-state index < -0.39 is 0 Å². The van der Waals surface area contributed by atoms with E-state index >= 15 is 0 Å². The minimum atomic E-state index is -0.281. The van der Waals surface area contributed by atoms with Gasteiger partial charge in [-0.1, -0.05) is 13.8 Å². The van der Waals surface area contributed by atoms with E-state index in [0.29, 0.717) is 12.5 Å². The number of anilines is 1. The molecular weight excluding hydrogens is 253 g/mol. The maximum Gasteiger partial charge on any atom is 0.141 e. The number of halogens is 1. The molecule has 0 fully saturated rings. The molecule has 0 aliphatic rings. The maximum atomic E-state index is 13.4. The molecule has 0 radical (unpaired) electrons. The number of rotatable bonds is 6. The molecule has 0 amide bonds. The fourth-order valence-corrected chi connectivity index (χ4v) is 1.87.